The maximum atomic E-state index is 13.3. The summed E-state index contributed by atoms with van der Waals surface area (Å²) in [5, 5.41) is 3.79. The second kappa shape index (κ2) is 12.9. The Balaban J connectivity index is 2.20. The first kappa shape index (κ1) is 27.0. The maximum Gasteiger partial charge on any atom is 0.261 e. The summed E-state index contributed by atoms with van der Waals surface area (Å²) in [6.07, 6.45) is 0.472. The van der Waals surface area contributed by atoms with Crippen molar-refractivity contribution in [1.29, 1.82) is 0 Å². The number of nitrogens with one attached hydrogen (secondary N) is 1. The molecule has 2 aromatic carbocycles. The summed E-state index contributed by atoms with van der Waals surface area (Å²) in [5.74, 6) is 0.876. The lowest BCUT2D eigenvalue weighted by Gasteiger charge is -2.31. The van der Waals surface area contributed by atoms with Crippen molar-refractivity contribution in [2.24, 2.45) is 5.92 Å². The normalized spacial score (nSPS) is 12.0. The zero-order chi connectivity index (χ0) is 24.5. The van der Waals surface area contributed by atoms with Crippen LogP contribution in [0.2, 0.25) is 10.0 Å². The molecule has 0 saturated heterocycles. The minimum absolute atomic E-state index is 0.170. The van der Waals surface area contributed by atoms with Crippen molar-refractivity contribution in [2.45, 2.75) is 59.5 Å². The fourth-order valence-electron chi connectivity index (χ4n) is 3.35. The van der Waals surface area contributed by atoms with Crippen molar-refractivity contribution in [3.8, 4) is 5.75 Å². The molecular weight excluding hydrogens is 459 g/mol. The second-order valence-corrected chi connectivity index (χ2v) is 9.66. The van der Waals surface area contributed by atoms with E-state index in [9.17, 15) is 9.59 Å². The predicted octanol–water partition coefficient (Wildman–Crippen LogP) is 6.08. The molecule has 7 heteroatoms. The summed E-state index contributed by atoms with van der Waals surface area (Å²) in [6.45, 7) is 10.8. The van der Waals surface area contributed by atoms with Crippen LogP contribution >= 0.6 is 23.2 Å². The van der Waals surface area contributed by atoms with Crippen LogP contribution < -0.4 is 10.1 Å². The van der Waals surface area contributed by atoms with Crippen LogP contribution in [0.4, 0.5) is 0 Å². The maximum absolute atomic E-state index is 13.3. The molecule has 0 bridgehead atoms. The molecule has 0 aliphatic carbocycles. The van der Waals surface area contributed by atoms with Gasteiger partial charge in [-0.05, 0) is 53.6 Å². The van der Waals surface area contributed by atoms with Crippen molar-refractivity contribution < 1.29 is 14.3 Å². The molecule has 0 radical (unpaired) electrons. The highest BCUT2D eigenvalue weighted by molar-refractivity contribution is 6.42. The largest absolute Gasteiger partial charge is 0.484 e. The van der Waals surface area contributed by atoms with Crippen LogP contribution in [-0.2, 0) is 16.1 Å². The van der Waals surface area contributed by atoms with Crippen LogP contribution in [0.1, 0.15) is 58.1 Å². The van der Waals surface area contributed by atoms with Crippen molar-refractivity contribution in [2.75, 3.05) is 13.2 Å². The molecule has 0 unspecified atom stereocenters. The molecule has 1 atom stereocenters. The summed E-state index contributed by atoms with van der Waals surface area (Å²) < 4.78 is 5.77. The highest BCUT2D eigenvalue weighted by Gasteiger charge is 2.29. The second-order valence-electron chi connectivity index (χ2n) is 8.85. The van der Waals surface area contributed by atoms with Gasteiger partial charge >= 0.3 is 0 Å². The van der Waals surface area contributed by atoms with Gasteiger partial charge in [0.25, 0.3) is 5.91 Å². The van der Waals surface area contributed by atoms with E-state index in [1.165, 1.54) is 5.56 Å². The summed E-state index contributed by atoms with van der Waals surface area (Å²) in [7, 11) is 0. The molecule has 180 valence electrons. The van der Waals surface area contributed by atoms with Gasteiger partial charge in [-0.3, -0.25) is 9.59 Å². The smallest absolute Gasteiger partial charge is 0.261 e. The van der Waals surface area contributed by atoms with Gasteiger partial charge in [-0.2, -0.15) is 0 Å². The first-order valence-corrected chi connectivity index (χ1v) is 12.1. The molecule has 33 heavy (non-hydrogen) atoms. The molecule has 2 aromatic rings. The quantitative estimate of drug-likeness (QED) is 0.413. The number of carbonyl (C=O) groups is 2. The first-order chi connectivity index (χ1) is 15.6. The monoisotopic (exact) mass is 492 g/mol. The Morgan fingerprint density at radius 2 is 1.67 bits per heavy atom. The average molecular weight is 493 g/mol. The number of hydrogen-bond acceptors (Lipinski definition) is 3. The highest BCUT2D eigenvalue weighted by atomic mass is 35.5. The van der Waals surface area contributed by atoms with Crippen LogP contribution in [-0.4, -0.2) is 35.9 Å². The number of ether oxygens (including phenoxy) is 1. The molecule has 0 aliphatic heterocycles. The van der Waals surface area contributed by atoms with E-state index in [2.05, 4.69) is 19.2 Å². The molecule has 0 aromatic heterocycles. The molecule has 0 aliphatic rings. The lowest BCUT2D eigenvalue weighted by Crippen LogP contribution is -2.50. The van der Waals surface area contributed by atoms with Gasteiger partial charge in [0.15, 0.2) is 6.61 Å². The third-order valence-corrected chi connectivity index (χ3v) is 6.06. The number of benzene rings is 2. The van der Waals surface area contributed by atoms with Crippen LogP contribution in [0.5, 0.6) is 5.75 Å². The molecule has 0 spiro atoms. The Bertz CT molecular complexity index is 930. The summed E-state index contributed by atoms with van der Waals surface area (Å²) >= 11 is 12.2. The summed E-state index contributed by atoms with van der Waals surface area (Å²) in [6, 6.07) is 12.3. The number of amides is 2. The molecule has 2 rings (SSSR count). The van der Waals surface area contributed by atoms with Crippen molar-refractivity contribution >= 4 is 35.0 Å². The standard InChI is InChI=1S/C26H34Cl2N2O3/c1-6-24(26(32)29-14-17(2)3)30(15-19-7-12-22(27)23(28)13-19)25(31)16-33-21-10-8-20(9-11-21)18(4)5/h7-13,17-18,24H,6,14-16H2,1-5H3,(H,29,32)/t24-/m1/s1. The van der Waals surface area contributed by atoms with Crippen LogP contribution in [0.3, 0.4) is 0 Å². The van der Waals surface area contributed by atoms with E-state index in [1.54, 1.807) is 23.1 Å². The SMILES string of the molecule is CC[C@H](C(=O)NCC(C)C)N(Cc1ccc(Cl)c(Cl)c1)C(=O)COc1ccc(C(C)C)cc1. The van der Waals surface area contributed by atoms with Gasteiger partial charge in [0.2, 0.25) is 5.91 Å². The Morgan fingerprint density at radius 3 is 2.21 bits per heavy atom. The van der Waals surface area contributed by atoms with Gasteiger partial charge in [0, 0.05) is 13.1 Å². The predicted molar refractivity (Wildman–Crippen MR) is 135 cm³/mol. The summed E-state index contributed by atoms with van der Waals surface area (Å²) in [5.41, 5.74) is 1.98. The fourth-order valence-corrected chi connectivity index (χ4v) is 3.67. The molecule has 5 nitrogen and oxygen atoms in total. The minimum atomic E-state index is -0.627. The molecule has 1 N–H and O–H groups in total. The van der Waals surface area contributed by atoms with Crippen molar-refractivity contribution in [1.82, 2.24) is 10.2 Å². The lowest BCUT2D eigenvalue weighted by atomic mass is 10.0. The van der Waals surface area contributed by atoms with Gasteiger partial charge in [-0.15, -0.1) is 0 Å². The van der Waals surface area contributed by atoms with Crippen molar-refractivity contribution in [3.63, 3.8) is 0 Å². The Labute approximate surface area is 207 Å². The number of hydrogen-bond donors (Lipinski definition) is 1. The van der Waals surface area contributed by atoms with Gasteiger partial charge in [-0.1, -0.05) is 76.0 Å². The van der Waals surface area contributed by atoms with Crippen LogP contribution in [0.15, 0.2) is 42.5 Å². The first-order valence-electron chi connectivity index (χ1n) is 11.4. The molecular formula is C26H34Cl2N2O3. The topological polar surface area (TPSA) is 58.6 Å². The molecule has 0 heterocycles. The van der Waals surface area contributed by atoms with E-state index >= 15 is 0 Å². The molecule has 0 saturated carbocycles. The van der Waals surface area contributed by atoms with Crippen LogP contribution in [0.25, 0.3) is 0 Å². The molecule has 2 amide bonds. The van der Waals surface area contributed by atoms with Gasteiger partial charge < -0.3 is 15.0 Å². The third kappa shape index (κ3) is 8.24. The van der Waals surface area contributed by atoms with Crippen molar-refractivity contribution in [3.05, 3.63) is 63.6 Å². The van der Waals surface area contributed by atoms with E-state index in [0.717, 1.165) is 5.56 Å². The summed E-state index contributed by atoms with van der Waals surface area (Å²) in [4.78, 5) is 27.7. The zero-order valence-corrected chi connectivity index (χ0v) is 21.5. The van der Waals surface area contributed by atoms with E-state index in [1.807, 2.05) is 45.0 Å². The zero-order valence-electron chi connectivity index (χ0n) is 20.0. The van der Waals surface area contributed by atoms with E-state index in [-0.39, 0.29) is 25.0 Å². The van der Waals surface area contributed by atoms with Gasteiger partial charge in [0.1, 0.15) is 11.8 Å². The minimum Gasteiger partial charge on any atom is -0.484 e. The Hall–Kier alpha value is -2.24. The lowest BCUT2D eigenvalue weighted by molar-refractivity contribution is -0.143. The van der Waals surface area contributed by atoms with Gasteiger partial charge in [0.05, 0.1) is 10.0 Å². The Kier molecular flexibility index (Phi) is 10.5. The third-order valence-electron chi connectivity index (χ3n) is 5.32. The average Bonchev–Trinajstić information content (AvgIpc) is 2.78. The number of halogens is 2. The Morgan fingerprint density at radius 1 is 1.00 bits per heavy atom. The number of nitrogens with zero attached hydrogens (tertiary/aromatic N) is 1. The van der Waals surface area contributed by atoms with E-state index < -0.39 is 6.04 Å². The van der Waals surface area contributed by atoms with Gasteiger partial charge in [-0.25, -0.2) is 0 Å². The molecule has 0 fully saturated rings. The van der Waals surface area contributed by atoms with E-state index in [0.29, 0.717) is 40.6 Å². The number of carbonyl (C=O) groups excluding carboxylic acids is 2. The highest BCUT2D eigenvalue weighted by Crippen LogP contribution is 2.24. The van der Waals surface area contributed by atoms with Crippen LogP contribution in [0, 0.1) is 5.92 Å². The fraction of sp³-hybridized carbons (Fsp3) is 0.462. The van der Waals surface area contributed by atoms with E-state index in [4.69, 9.17) is 27.9 Å². The number of rotatable bonds is 11.